The maximum absolute atomic E-state index is 12.2. The van der Waals surface area contributed by atoms with Crippen molar-refractivity contribution in [2.45, 2.75) is 56.5 Å². The minimum Gasteiger partial charge on any atom is -0.497 e. The lowest BCUT2D eigenvalue weighted by Gasteiger charge is -2.16. The summed E-state index contributed by atoms with van der Waals surface area (Å²) in [5.74, 6) is 2.55. The number of allylic oxidation sites excluding steroid dienone is 1. The highest BCUT2D eigenvalue weighted by molar-refractivity contribution is 7.99. The molecule has 29 heavy (non-hydrogen) atoms. The van der Waals surface area contributed by atoms with E-state index in [0.717, 1.165) is 24.3 Å². The van der Waals surface area contributed by atoms with Crippen molar-refractivity contribution in [2.75, 3.05) is 12.9 Å². The molecule has 0 spiro atoms. The van der Waals surface area contributed by atoms with Gasteiger partial charge in [0.1, 0.15) is 11.5 Å². The molecule has 7 nitrogen and oxygen atoms in total. The SMILES string of the molecule is C=CCn1c(SCC(=O)NC2CCCC2)nnc1C(C)Oc1ccc(OC)cc1. The lowest BCUT2D eigenvalue weighted by atomic mass is 10.2. The van der Waals surface area contributed by atoms with Crippen LogP contribution in [0.3, 0.4) is 0 Å². The quantitative estimate of drug-likeness (QED) is 0.469. The average molecular weight is 417 g/mol. The molecule has 1 saturated carbocycles. The molecule has 1 aromatic heterocycles. The van der Waals surface area contributed by atoms with Gasteiger partial charge in [0.15, 0.2) is 17.1 Å². The van der Waals surface area contributed by atoms with Crippen LogP contribution in [0.5, 0.6) is 11.5 Å². The Bertz CT molecular complexity index is 816. The van der Waals surface area contributed by atoms with Crippen molar-refractivity contribution in [3.63, 3.8) is 0 Å². The molecular formula is C21H28N4O3S. The van der Waals surface area contributed by atoms with Gasteiger partial charge in [-0.1, -0.05) is 30.7 Å². The maximum atomic E-state index is 12.2. The van der Waals surface area contributed by atoms with Crippen LogP contribution in [0.15, 0.2) is 42.1 Å². The summed E-state index contributed by atoms with van der Waals surface area (Å²) in [5, 5.41) is 12.4. The monoisotopic (exact) mass is 416 g/mol. The van der Waals surface area contributed by atoms with Crippen molar-refractivity contribution in [2.24, 2.45) is 0 Å². The van der Waals surface area contributed by atoms with Crippen LogP contribution in [0.25, 0.3) is 0 Å². The molecule has 156 valence electrons. The first-order chi connectivity index (χ1) is 14.1. The zero-order chi connectivity index (χ0) is 20.6. The number of nitrogens with zero attached hydrogens (tertiary/aromatic N) is 3. The Morgan fingerprint density at radius 1 is 1.31 bits per heavy atom. The van der Waals surface area contributed by atoms with Crippen LogP contribution in [0.4, 0.5) is 0 Å². The van der Waals surface area contributed by atoms with Crippen LogP contribution in [-0.4, -0.2) is 39.6 Å². The molecule has 0 aliphatic heterocycles. The van der Waals surface area contributed by atoms with Crippen LogP contribution in [0, 0.1) is 0 Å². The predicted octanol–water partition coefficient (Wildman–Crippen LogP) is 3.76. The Hall–Kier alpha value is -2.48. The summed E-state index contributed by atoms with van der Waals surface area (Å²) in [6.07, 6.45) is 6.02. The second kappa shape index (κ2) is 10.3. The molecule has 3 rings (SSSR count). The van der Waals surface area contributed by atoms with Crippen LogP contribution in [0.2, 0.25) is 0 Å². The van der Waals surface area contributed by atoms with Crippen molar-refractivity contribution in [3.05, 3.63) is 42.7 Å². The van der Waals surface area contributed by atoms with Gasteiger partial charge in [0, 0.05) is 12.6 Å². The summed E-state index contributed by atoms with van der Waals surface area (Å²) in [7, 11) is 1.63. The lowest BCUT2D eigenvalue weighted by molar-refractivity contribution is -0.119. The van der Waals surface area contributed by atoms with Crippen LogP contribution in [0.1, 0.15) is 44.5 Å². The second-order valence-corrected chi connectivity index (χ2v) is 7.96. The Morgan fingerprint density at radius 3 is 2.66 bits per heavy atom. The fourth-order valence-corrected chi connectivity index (χ4v) is 4.15. The van der Waals surface area contributed by atoms with E-state index in [2.05, 4.69) is 22.1 Å². The van der Waals surface area contributed by atoms with Gasteiger partial charge in [-0.05, 0) is 44.0 Å². The molecule has 1 aliphatic rings. The average Bonchev–Trinajstić information content (AvgIpc) is 3.37. The lowest BCUT2D eigenvalue weighted by Crippen LogP contribution is -2.33. The molecule has 1 unspecified atom stereocenters. The number of hydrogen-bond acceptors (Lipinski definition) is 6. The fraction of sp³-hybridized carbons (Fsp3) is 0.476. The highest BCUT2D eigenvalue weighted by atomic mass is 32.2. The molecule has 1 aliphatic carbocycles. The molecule has 0 bridgehead atoms. The number of hydrogen-bond donors (Lipinski definition) is 1. The van der Waals surface area contributed by atoms with E-state index in [0.29, 0.717) is 29.3 Å². The number of thioether (sulfide) groups is 1. The largest absolute Gasteiger partial charge is 0.497 e. The minimum atomic E-state index is -0.308. The number of benzene rings is 1. The Balaban J connectivity index is 1.63. The summed E-state index contributed by atoms with van der Waals surface area (Å²) in [6.45, 7) is 6.30. The van der Waals surface area contributed by atoms with E-state index in [1.165, 1.54) is 24.6 Å². The highest BCUT2D eigenvalue weighted by Gasteiger charge is 2.21. The topological polar surface area (TPSA) is 78.3 Å². The van der Waals surface area contributed by atoms with Crippen molar-refractivity contribution in [1.82, 2.24) is 20.1 Å². The van der Waals surface area contributed by atoms with E-state index in [-0.39, 0.29) is 12.0 Å². The van der Waals surface area contributed by atoms with E-state index in [1.54, 1.807) is 13.2 Å². The first kappa shape index (κ1) is 21.2. The molecule has 2 aromatic rings. The molecule has 1 N–H and O–H groups in total. The smallest absolute Gasteiger partial charge is 0.230 e. The van der Waals surface area contributed by atoms with Crippen LogP contribution < -0.4 is 14.8 Å². The van der Waals surface area contributed by atoms with E-state index >= 15 is 0 Å². The van der Waals surface area contributed by atoms with Crippen molar-refractivity contribution in [1.29, 1.82) is 0 Å². The second-order valence-electron chi connectivity index (χ2n) is 7.01. The van der Waals surface area contributed by atoms with Crippen LogP contribution >= 0.6 is 11.8 Å². The van der Waals surface area contributed by atoms with E-state index in [1.807, 2.05) is 35.8 Å². The van der Waals surface area contributed by atoms with Gasteiger partial charge in [-0.2, -0.15) is 0 Å². The van der Waals surface area contributed by atoms with Crippen LogP contribution in [-0.2, 0) is 11.3 Å². The number of ether oxygens (including phenoxy) is 2. The summed E-state index contributed by atoms with van der Waals surface area (Å²) >= 11 is 1.39. The summed E-state index contributed by atoms with van der Waals surface area (Å²) in [4.78, 5) is 12.2. The van der Waals surface area contributed by atoms with E-state index in [4.69, 9.17) is 9.47 Å². The normalized spacial score (nSPS) is 15.1. The van der Waals surface area contributed by atoms with Gasteiger partial charge < -0.3 is 14.8 Å². The zero-order valence-corrected chi connectivity index (χ0v) is 17.8. The van der Waals surface area contributed by atoms with E-state index in [9.17, 15) is 4.79 Å². The molecule has 1 fully saturated rings. The number of carbonyl (C=O) groups excluding carboxylic acids is 1. The number of methoxy groups -OCH3 is 1. The van der Waals surface area contributed by atoms with Gasteiger partial charge in [-0.25, -0.2) is 0 Å². The summed E-state index contributed by atoms with van der Waals surface area (Å²) in [5.41, 5.74) is 0. The minimum absolute atomic E-state index is 0.0409. The third-order valence-corrected chi connectivity index (χ3v) is 5.81. The number of amides is 1. The predicted molar refractivity (Wildman–Crippen MR) is 113 cm³/mol. The van der Waals surface area contributed by atoms with Crippen molar-refractivity contribution in [3.8, 4) is 11.5 Å². The van der Waals surface area contributed by atoms with Crippen molar-refractivity contribution >= 4 is 17.7 Å². The van der Waals surface area contributed by atoms with Gasteiger partial charge in [0.25, 0.3) is 0 Å². The first-order valence-corrected chi connectivity index (χ1v) is 10.9. The summed E-state index contributed by atoms with van der Waals surface area (Å²) in [6, 6.07) is 7.73. The Labute approximate surface area is 175 Å². The third kappa shape index (κ3) is 5.76. The first-order valence-electron chi connectivity index (χ1n) is 9.87. The molecule has 0 saturated heterocycles. The number of aromatic nitrogens is 3. The Kier molecular flexibility index (Phi) is 7.57. The molecule has 0 radical (unpaired) electrons. The van der Waals surface area contributed by atoms with Crippen molar-refractivity contribution < 1.29 is 14.3 Å². The van der Waals surface area contributed by atoms with Gasteiger partial charge in [0.05, 0.1) is 12.9 Å². The van der Waals surface area contributed by atoms with Gasteiger partial charge in [0.2, 0.25) is 5.91 Å². The van der Waals surface area contributed by atoms with Gasteiger partial charge >= 0.3 is 0 Å². The number of rotatable bonds is 10. The number of nitrogens with one attached hydrogen (secondary N) is 1. The van der Waals surface area contributed by atoms with E-state index < -0.39 is 0 Å². The highest BCUT2D eigenvalue weighted by Crippen LogP contribution is 2.26. The molecule has 8 heteroatoms. The standard InChI is InChI=1S/C21H28N4O3S/c1-4-13-25-20(15(2)28-18-11-9-17(27-3)10-12-18)23-24-21(25)29-14-19(26)22-16-7-5-6-8-16/h4,9-12,15-16H,1,5-8,13-14H2,2-3H3,(H,22,26). The molecule has 1 amide bonds. The maximum Gasteiger partial charge on any atom is 0.230 e. The fourth-order valence-electron chi connectivity index (χ4n) is 3.39. The molecule has 1 atom stereocenters. The van der Waals surface area contributed by atoms with Gasteiger partial charge in [-0.15, -0.1) is 16.8 Å². The molecule has 1 heterocycles. The number of carbonyl (C=O) groups is 1. The summed E-state index contributed by atoms with van der Waals surface area (Å²) < 4.78 is 13.1. The third-order valence-electron chi connectivity index (χ3n) is 4.85. The zero-order valence-electron chi connectivity index (χ0n) is 17.0. The molecule has 1 aromatic carbocycles. The molecular weight excluding hydrogens is 388 g/mol. The Morgan fingerprint density at radius 2 is 2.00 bits per heavy atom. The van der Waals surface area contributed by atoms with Gasteiger partial charge in [-0.3, -0.25) is 9.36 Å².